The van der Waals surface area contributed by atoms with Crippen molar-refractivity contribution in [2.45, 2.75) is 18.5 Å². The van der Waals surface area contributed by atoms with Crippen molar-refractivity contribution in [3.8, 4) is 0 Å². The third-order valence-corrected chi connectivity index (χ3v) is 5.92. The van der Waals surface area contributed by atoms with E-state index in [0.29, 0.717) is 23.5 Å². The van der Waals surface area contributed by atoms with E-state index in [2.05, 4.69) is 15.9 Å². The molecule has 0 aliphatic carbocycles. The van der Waals surface area contributed by atoms with Crippen LogP contribution < -0.4 is 0 Å². The second kappa shape index (κ2) is 6.15. The molecule has 0 nitrogen and oxygen atoms in total. The Morgan fingerprint density at radius 3 is 1.74 bits per heavy atom. The lowest BCUT2D eigenvalue weighted by atomic mass is 10.0. The number of hydrogen-bond acceptors (Lipinski definition) is 1. The van der Waals surface area contributed by atoms with Crippen molar-refractivity contribution in [1.29, 1.82) is 0 Å². The van der Waals surface area contributed by atoms with Gasteiger partial charge in [0.2, 0.25) is 0 Å². The van der Waals surface area contributed by atoms with E-state index in [1.807, 2.05) is 0 Å². The summed E-state index contributed by atoms with van der Waals surface area (Å²) in [6.45, 7) is 0. The summed E-state index contributed by atoms with van der Waals surface area (Å²) in [6, 6.07) is 1.79. The predicted molar refractivity (Wildman–Crippen MR) is 87.0 cm³/mol. The standard InChI is InChI=1S/C15H3BrClF9S/c16-8-3-9-4(1-6(8)13(18,19)20)5-2-7(14(21,22)23)11(17)10(12(5)27-9)15(24,25)26/h1-3H. The third-order valence-electron chi connectivity index (χ3n) is 3.68. The summed E-state index contributed by atoms with van der Waals surface area (Å²) in [5.74, 6) is 0. The molecule has 146 valence electrons. The largest absolute Gasteiger partial charge is 0.419 e. The van der Waals surface area contributed by atoms with Crippen molar-refractivity contribution in [3.05, 3.63) is 44.4 Å². The second-order valence-electron chi connectivity index (χ2n) is 5.41. The zero-order valence-electron chi connectivity index (χ0n) is 12.3. The van der Waals surface area contributed by atoms with Crippen LogP contribution in [0.4, 0.5) is 39.5 Å². The lowest BCUT2D eigenvalue weighted by Crippen LogP contribution is -2.12. The summed E-state index contributed by atoms with van der Waals surface area (Å²) in [4.78, 5) is 0. The van der Waals surface area contributed by atoms with Crippen molar-refractivity contribution in [1.82, 2.24) is 0 Å². The maximum atomic E-state index is 13.4. The van der Waals surface area contributed by atoms with Crippen molar-refractivity contribution in [3.63, 3.8) is 0 Å². The zero-order valence-corrected chi connectivity index (χ0v) is 15.5. The molecule has 0 unspecified atom stereocenters. The molecule has 0 radical (unpaired) electrons. The fraction of sp³-hybridized carbons (Fsp3) is 0.200. The van der Waals surface area contributed by atoms with Crippen molar-refractivity contribution in [2.75, 3.05) is 0 Å². The van der Waals surface area contributed by atoms with Gasteiger partial charge in [0.1, 0.15) is 0 Å². The summed E-state index contributed by atoms with van der Waals surface area (Å²) < 4.78 is 118. The van der Waals surface area contributed by atoms with Gasteiger partial charge in [-0.1, -0.05) is 27.5 Å². The van der Waals surface area contributed by atoms with Crippen LogP contribution in [0.1, 0.15) is 16.7 Å². The number of rotatable bonds is 0. The average Bonchev–Trinajstić information content (AvgIpc) is 2.78. The van der Waals surface area contributed by atoms with Crippen molar-refractivity contribution < 1.29 is 39.5 Å². The van der Waals surface area contributed by atoms with E-state index >= 15 is 0 Å². The Kier molecular flexibility index (Phi) is 4.68. The minimum atomic E-state index is -5.23. The number of benzene rings is 2. The van der Waals surface area contributed by atoms with Gasteiger partial charge in [-0.3, -0.25) is 0 Å². The quantitative estimate of drug-likeness (QED) is 0.271. The number of hydrogen-bond donors (Lipinski definition) is 0. The number of fused-ring (bicyclic) bond motifs is 3. The molecule has 3 aromatic rings. The van der Waals surface area contributed by atoms with Crippen LogP contribution in [0.15, 0.2) is 22.7 Å². The summed E-state index contributed by atoms with van der Waals surface area (Å²) in [7, 11) is 0. The van der Waals surface area contributed by atoms with Gasteiger partial charge in [-0.05, 0) is 18.2 Å². The van der Waals surface area contributed by atoms with E-state index in [0.717, 1.165) is 6.07 Å². The molecule has 2 aromatic carbocycles. The summed E-state index contributed by atoms with van der Waals surface area (Å²) in [5.41, 5.74) is -4.70. The Labute approximate surface area is 161 Å². The van der Waals surface area contributed by atoms with Gasteiger partial charge in [0.25, 0.3) is 0 Å². The highest BCUT2D eigenvalue weighted by atomic mass is 79.9. The zero-order chi connectivity index (χ0) is 20.5. The van der Waals surface area contributed by atoms with Gasteiger partial charge in [-0.2, -0.15) is 39.5 Å². The Balaban J connectivity index is 2.55. The van der Waals surface area contributed by atoms with Crippen LogP contribution in [0, 0.1) is 0 Å². The maximum Gasteiger partial charge on any atom is 0.419 e. The van der Waals surface area contributed by atoms with E-state index in [4.69, 9.17) is 11.6 Å². The molecule has 1 aromatic heterocycles. The first-order chi connectivity index (χ1) is 12.1. The van der Waals surface area contributed by atoms with Gasteiger partial charge >= 0.3 is 18.5 Å². The molecule has 0 N–H and O–H groups in total. The van der Waals surface area contributed by atoms with E-state index in [9.17, 15) is 39.5 Å². The van der Waals surface area contributed by atoms with Crippen LogP contribution in [-0.2, 0) is 18.5 Å². The minimum absolute atomic E-state index is 0.0502. The van der Waals surface area contributed by atoms with Gasteiger partial charge in [0.05, 0.1) is 21.7 Å². The second-order valence-corrected chi connectivity index (χ2v) is 7.70. The molecule has 27 heavy (non-hydrogen) atoms. The molecular formula is C15H3BrClF9S. The minimum Gasteiger partial charge on any atom is -0.166 e. The van der Waals surface area contributed by atoms with E-state index < -0.39 is 54.8 Å². The summed E-state index contributed by atoms with van der Waals surface area (Å²) in [6.07, 6.45) is -15.3. The first-order valence-corrected chi connectivity index (χ1v) is 8.71. The monoisotopic (exact) mass is 500 g/mol. The third kappa shape index (κ3) is 3.49. The smallest absolute Gasteiger partial charge is 0.166 e. The van der Waals surface area contributed by atoms with Crippen LogP contribution in [0.2, 0.25) is 5.02 Å². The Morgan fingerprint density at radius 2 is 1.26 bits per heavy atom. The van der Waals surface area contributed by atoms with Gasteiger partial charge < -0.3 is 0 Å². The maximum absolute atomic E-state index is 13.4. The number of thiophene rings is 1. The first kappa shape index (κ1) is 20.5. The molecule has 3 rings (SSSR count). The average molecular weight is 502 g/mol. The summed E-state index contributed by atoms with van der Waals surface area (Å²) in [5, 5.41) is -2.51. The Morgan fingerprint density at radius 1 is 0.741 bits per heavy atom. The van der Waals surface area contributed by atoms with E-state index in [1.165, 1.54) is 0 Å². The van der Waals surface area contributed by atoms with Crippen LogP contribution >= 0.6 is 38.9 Å². The van der Waals surface area contributed by atoms with Gasteiger partial charge in [0, 0.05) is 24.6 Å². The first-order valence-electron chi connectivity index (χ1n) is 6.72. The fourth-order valence-electron chi connectivity index (χ4n) is 2.58. The molecular weight excluding hydrogens is 499 g/mol. The lowest BCUT2D eigenvalue weighted by molar-refractivity contribution is -0.142. The van der Waals surface area contributed by atoms with Gasteiger partial charge in [0.15, 0.2) is 0 Å². The van der Waals surface area contributed by atoms with Crippen LogP contribution in [0.25, 0.3) is 20.2 Å². The molecule has 0 saturated heterocycles. The Hall–Kier alpha value is -1.20. The van der Waals surface area contributed by atoms with Crippen LogP contribution in [0.3, 0.4) is 0 Å². The topological polar surface area (TPSA) is 0 Å². The lowest BCUT2D eigenvalue weighted by Gasteiger charge is -2.16. The molecule has 0 aliphatic rings. The number of halogens is 11. The molecule has 1 heterocycles. The predicted octanol–water partition coefficient (Wildman–Crippen LogP) is 8.53. The van der Waals surface area contributed by atoms with Crippen molar-refractivity contribution >= 4 is 59.0 Å². The molecule has 0 fully saturated rings. The molecule has 12 heteroatoms. The molecule has 0 bridgehead atoms. The van der Waals surface area contributed by atoms with Crippen molar-refractivity contribution in [2.24, 2.45) is 0 Å². The van der Waals surface area contributed by atoms with Gasteiger partial charge in [-0.25, -0.2) is 0 Å². The normalized spacial score (nSPS) is 13.7. The molecule has 0 atom stereocenters. The molecule has 0 saturated carbocycles. The van der Waals surface area contributed by atoms with Crippen LogP contribution in [0.5, 0.6) is 0 Å². The van der Waals surface area contributed by atoms with Crippen LogP contribution in [-0.4, -0.2) is 0 Å². The highest BCUT2D eigenvalue weighted by Crippen LogP contribution is 2.51. The van der Waals surface area contributed by atoms with E-state index in [-0.39, 0.29) is 10.1 Å². The highest BCUT2D eigenvalue weighted by molar-refractivity contribution is 9.10. The molecule has 0 spiro atoms. The van der Waals surface area contributed by atoms with E-state index in [1.54, 1.807) is 0 Å². The highest BCUT2D eigenvalue weighted by Gasteiger charge is 2.43. The number of alkyl halides is 9. The molecule has 0 amide bonds. The fourth-order valence-corrected chi connectivity index (χ4v) is 5.00. The SMILES string of the molecule is FC(F)(F)c1cc2c(cc1Br)sc1c(C(F)(F)F)c(Cl)c(C(F)(F)F)cc12. The van der Waals surface area contributed by atoms with Gasteiger partial charge in [-0.15, -0.1) is 11.3 Å². The summed E-state index contributed by atoms with van der Waals surface area (Å²) >= 11 is 8.50. The molecule has 0 aliphatic heterocycles. The Bertz CT molecular complexity index is 1060.